The van der Waals surface area contributed by atoms with Gasteiger partial charge in [0.15, 0.2) is 0 Å². The number of ether oxygens (including phenoxy) is 2. The molecule has 0 spiro atoms. The molecule has 0 aliphatic rings. The van der Waals surface area contributed by atoms with E-state index < -0.39 is 29.7 Å². The maximum Gasteiger partial charge on any atom is 0.408 e. The first-order valence-electron chi connectivity index (χ1n) is 10.2. The topological polar surface area (TPSA) is 102 Å². The van der Waals surface area contributed by atoms with Crippen molar-refractivity contribution in [3.8, 4) is 0 Å². The lowest BCUT2D eigenvalue weighted by atomic mass is 9.99. The first-order valence-corrected chi connectivity index (χ1v) is 10.2. The largest absolute Gasteiger partial charge is 0.478 e. The Bertz CT molecular complexity index is 1100. The third-order valence-corrected chi connectivity index (χ3v) is 4.95. The number of carboxylic acids is 1. The van der Waals surface area contributed by atoms with Crippen LogP contribution in [0.2, 0.25) is 0 Å². The van der Waals surface area contributed by atoms with Crippen LogP contribution in [0, 0.1) is 0 Å². The van der Waals surface area contributed by atoms with Gasteiger partial charge in [0.1, 0.15) is 12.1 Å². The van der Waals surface area contributed by atoms with Gasteiger partial charge in [-0.3, -0.25) is 0 Å². The molecule has 0 saturated heterocycles. The lowest BCUT2D eigenvalue weighted by molar-refractivity contribution is -0.167. The third-order valence-electron chi connectivity index (χ3n) is 4.95. The van der Waals surface area contributed by atoms with Crippen LogP contribution in [-0.4, -0.2) is 34.8 Å². The summed E-state index contributed by atoms with van der Waals surface area (Å²) in [7, 11) is 0. The zero-order chi connectivity index (χ0) is 23.1. The average Bonchev–Trinajstić information content (AvgIpc) is 2.77. The SMILES string of the molecule is CC(C)(NC(=O)OCc1ccccc1)C(=O)OC(Cc1cccc2ccccc12)C(=O)O. The minimum absolute atomic E-state index is 0.00302. The molecule has 3 rings (SSSR count). The Kier molecular flexibility index (Phi) is 7.10. The fourth-order valence-corrected chi connectivity index (χ4v) is 3.19. The molecule has 0 radical (unpaired) electrons. The number of aliphatic carboxylic acids is 1. The summed E-state index contributed by atoms with van der Waals surface area (Å²) in [6.45, 7) is 2.89. The maximum atomic E-state index is 12.7. The molecule has 7 nitrogen and oxygen atoms in total. The number of hydrogen-bond acceptors (Lipinski definition) is 5. The van der Waals surface area contributed by atoms with E-state index in [1.165, 1.54) is 13.8 Å². The molecule has 0 heterocycles. The second-order valence-electron chi connectivity index (χ2n) is 7.89. The zero-order valence-electron chi connectivity index (χ0n) is 17.9. The lowest BCUT2D eigenvalue weighted by Crippen LogP contribution is -2.52. The van der Waals surface area contributed by atoms with E-state index in [9.17, 15) is 19.5 Å². The Hall–Kier alpha value is -3.87. The molecule has 3 aromatic rings. The number of carboxylic acid groups (broad SMARTS) is 1. The van der Waals surface area contributed by atoms with Crippen LogP contribution in [-0.2, 0) is 32.1 Å². The van der Waals surface area contributed by atoms with Crippen molar-refractivity contribution in [1.29, 1.82) is 0 Å². The highest BCUT2D eigenvalue weighted by molar-refractivity contribution is 5.88. The lowest BCUT2D eigenvalue weighted by Gasteiger charge is -2.26. The molecule has 0 aliphatic carbocycles. The highest BCUT2D eigenvalue weighted by atomic mass is 16.6. The summed E-state index contributed by atoms with van der Waals surface area (Å²) in [6.07, 6.45) is -2.22. The number of carbonyl (C=O) groups is 3. The second kappa shape index (κ2) is 9.96. The van der Waals surface area contributed by atoms with Crippen molar-refractivity contribution in [1.82, 2.24) is 5.32 Å². The second-order valence-corrected chi connectivity index (χ2v) is 7.89. The molecule has 0 saturated carbocycles. The molecule has 0 bridgehead atoms. The summed E-state index contributed by atoms with van der Waals surface area (Å²) >= 11 is 0. The van der Waals surface area contributed by atoms with Gasteiger partial charge in [-0.1, -0.05) is 72.8 Å². The molecule has 3 aromatic carbocycles. The third kappa shape index (κ3) is 5.85. The molecular weight excluding hydrogens is 410 g/mol. The van der Waals surface area contributed by atoms with Gasteiger partial charge in [-0.2, -0.15) is 0 Å². The predicted molar refractivity (Wildman–Crippen MR) is 119 cm³/mol. The van der Waals surface area contributed by atoms with Crippen molar-refractivity contribution in [3.05, 3.63) is 83.9 Å². The highest BCUT2D eigenvalue weighted by Gasteiger charge is 2.35. The number of alkyl carbamates (subject to hydrolysis) is 1. The van der Waals surface area contributed by atoms with Crippen LogP contribution < -0.4 is 5.32 Å². The first kappa shape index (κ1) is 22.8. The van der Waals surface area contributed by atoms with Gasteiger partial charge in [0.05, 0.1) is 0 Å². The van der Waals surface area contributed by atoms with Crippen LogP contribution in [0.15, 0.2) is 72.8 Å². The van der Waals surface area contributed by atoms with E-state index in [0.29, 0.717) is 0 Å². The van der Waals surface area contributed by atoms with E-state index in [-0.39, 0.29) is 13.0 Å². The molecule has 0 aromatic heterocycles. The Balaban J connectivity index is 1.64. The molecule has 0 fully saturated rings. The van der Waals surface area contributed by atoms with Gasteiger partial charge in [0.25, 0.3) is 0 Å². The van der Waals surface area contributed by atoms with Crippen molar-refractivity contribution in [2.45, 2.75) is 38.5 Å². The first-order chi connectivity index (χ1) is 15.3. The van der Waals surface area contributed by atoms with Crippen LogP contribution in [0.5, 0.6) is 0 Å². The molecular formula is C25H25NO6. The fourth-order valence-electron chi connectivity index (χ4n) is 3.19. The van der Waals surface area contributed by atoms with E-state index in [1.54, 1.807) is 18.2 Å². The van der Waals surface area contributed by atoms with Crippen molar-refractivity contribution in [2.24, 2.45) is 0 Å². The normalized spacial score (nSPS) is 12.1. The number of hydrogen-bond donors (Lipinski definition) is 2. The van der Waals surface area contributed by atoms with E-state index in [2.05, 4.69) is 5.32 Å². The summed E-state index contributed by atoms with van der Waals surface area (Å²) in [5, 5.41) is 13.9. The maximum absolute atomic E-state index is 12.7. The Morgan fingerprint density at radius 2 is 1.59 bits per heavy atom. The van der Waals surface area contributed by atoms with Crippen molar-refractivity contribution in [3.63, 3.8) is 0 Å². The number of nitrogens with one attached hydrogen (secondary N) is 1. The number of benzene rings is 3. The summed E-state index contributed by atoms with van der Waals surface area (Å²) in [5.41, 5.74) is 0.0561. The minimum atomic E-state index is -1.49. The molecule has 1 amide bonds. The van der Waals surface area contributed by atoms with Gasteiger partial charge in [-0.25, -0.2) is 14.4 Å². The van der Waals surface area contributed by atoms with Crippen molar-refractivity contribution >= 4 is 28.8 Å². The molecule has 0 aliphatic heterocycles. The van der Waals surface area contributed by atoms with Crippen LogP contribution in [0.3, 0.4) is 0 Å². The van der Waals surface area contributed by atoms with Gasteiger partial charge in [0, 0.05) is 6.42 Å². The van der Waals surface area contributed by atoms with Gasteiger partial charge in [-0.15, -0.1) is 0 Å². The standard InChI is InChI=1S/C25H25NO6/c1-25(2,26-24(30)31-16-17-9-4-3-5-10-17)23(29)32-21(22(27)28)15-19-13-8-12-18-11-6-7-14-20(18)19/h3-14,21H,15-16H2,1-2H3,(H,26,30)(H,27,28). The highest BCUT2D eigenvalue weighted by Crippen LogP contribution is 2.21. The Morgan fingerprint density at radius 3 is 2.31 bits per heavy atom. The zero-order valence-corrected chi connectivity index (χ0v) is 17.9. The predicted octanol–water partition coefficient (Wildman–Crippen LogP) is 4.08. The molecule has 7 heteroatoms. The summed E-state index contributed by atoms with van der Waals surface area (Å²) in [5.74, 6) is -2.14. The van der Waals surface area contributed by atoms with Gasteiger partial charge in [0.2, 0.25) is 6.10 Å². The number of fused-ring (bicyclic) bond motifs is 1. The Labute approximate surface area is 186 Å². The van der Waals surface area contributed by atoms with Crippen LogP contribution in [0.25, 0.3) is 10.8 Å². The monoisotopic (exact) mass is 435 g/mol. The van der Waals surface area contributed by atoms with E-state index >= 15 is 0 Å². The minimum Gasteiger partial charge on any atom is -0.478 e. The van der Waals surface area contributed by atoms with Gasteiger partial charge >= 0.3 is 18.0 Å². The van der Waals surface area contributed by atoms with Crippen LogP contribution in [0.4, 0.5) is 4.79 Å². The molecule has 32 heavy (non-hydrogen) atoms. The number of rotatable bonds is 8. The molecule has 1 unspecified atom stereocenters. The molecule has 1 atom stereocenters. The summed E-state index contributed by atoms with van der Waals surface area (Å²) < 4.78 is 10.4. The van der Waals surface area contributed by atoms with Crippen molar-refractivity contribution < 1.29 is 29.0 Å². The Morgan fingerprint density at radius 1 is 0.938 bits per heavy atom. The van der Waals surface area contributed by atoms with E-state index in [1.807, 2.05) is 54.6 Å². The number of amides is 1. The van der Waals surface area contributed by atoms with E-state index in [0.717, 1.165) is 21.9 Å². The number of carbonyl (C=O) groups excluding carboxylic acids is 2. The summed E-state index contributed by atoms with van der Waals surface area (Å²) in [6, 6.07) is 22.2. The summed E-state index contributed by atoms with van der Waals surface area (Å²) in [4.78, 5) is 36.6. The smallest absolute Gasteiger partial charge is 0.408 e. The molecule has 2 N–H and O–H groups in total. The van der Waals surface area contributed by atoms with Crippen LogP contribution in [0.1, 0.15) is 25.0 Å². The fraction of sp³-hybridized carbons (Fsp3) is 0.240. The molecule has 166 valence electrons. The quantitative estimate of drug-likeness (QED) is 0.517. The van der Waals surface area contributed by atoms with Crippen molar-refractivity contribution in [2.75, 3.05) is 0 Å². The van der Waals surface area contributed by atoms with Gasteiger partial charge < -0.3 is 19.9 Å². The number of esters is 1. The van der Waals surface area contributed by atoms with E-state index in [4.69, 9.17) is 9.47 Å². The van der Waals surface area contributed by atoms with Gasteiger partial charge in [-0.05, 0) is 35.7 Å². The van der Waals surface area contributed by atoms with Crippen LogP contribution >= 0.6 is 0 Å². The average molecular weight is 435 g/mol.